The maximum absolute atomic E-state index is 5.70. The predicted molar refractivity (Wildman–Crippen MR) is 66.5 cm³/mol. The topological polar surface area (TPSA) is 21.3 Å². The summed E-state index contributed by atoms with van der Waals surface area (Å²) in [6, 6.07) is 11.0. The van der Waals surface area contributed by atoms with Crippen LogP contribution in [0, 0.1) is 0 Å². The number of benzene rings is 1. The maximum Gasteiger partial charge on any atom is 0.0699 e. The largest absolute Gasteiger partial charge is 0.377 e. The normalized spacial score (nSPS) is 22.9. The molecule has 0 aromatic heterocycles. The van der Waals surface area contributed by atoms with Crippen LogP contribution >= 0.6 is 0 Å². The fraction of sp³-hybridized carbons (Fsp3) is 0.571. The molecule has 1 fully saturated rings. The Morgan fingerprint density at radius 1 is 1.31 bits per heavy atom. The van der Waals surface area contributed by atoms with Gasteiger partial charge in [0.25, 0.3) is 0 Å². The molecule has 1 unspecified atom stereocenters. The molecule has 0 saturated carbocycles. The first kappa shape index (κ1) is 11.6. The lowest BCUT2D eigenvalue weighted by molar-refractivity contribution is 0.0156. The van der Waals surface area contributed by atoms with Crippen LogP contribution in [0.25, 0.3) is 0 Å². The minimum absolute atomic E-state index is 0.409. The second kappa shape index (κ2) is 6.02. The highest BCUT2D eigenvalue weighted by Crippen LogP contribution is 2.15. The van der Waals surface area contributed by atoms with E-state index < -0.39 is 0 Å². The van der Waals surface area contributed by atoms with E-state index in [0.717, 1.165) is 13.2 Å². The fourth-order valence-electron chi connectivity index (χ4n) is 2.14. The number of nitrogens with one attached hydrogen (secondary N) is 1. The van der Waals surface area contributed by atoms with Gasteiger partial charge in [0.05, 0.1) is 6.10 Å². The summed E-state index contributed by atoms with van der Waals surface area (Å²) in [6.07, 6.45) is 4.16. The summed E-state index contributed by atoms with van der Waals surface area (Å²) in [5.74, 6) is 0. The molecule has 2 nitrogen and oxygen atoms in total. The third-order valence-electron chi connectivity index (χ3n) is 3.23. The minimum atomic E-state index is 0.409. The van der Waals surface area contributed by atoms with Crippen molar-refractivity contribution in [3.63, 3.8) is 0 Å². The molecular formula is C14H21NO. The molecular weight excluding hydrogens is 198 g/mol. The lowest BCUT2D eigenvalue weighted by Crippen LogP contribution is -2.33. The van der Waals surface area contributed by atoms with Crippen LogP contribution in [-0.4, -0.2) is 19.3 Å². The van der Waals surface area contributed by atoms with E-state index in [2.05, 4.69) is 42.6 Å². The molecule has 0 spiro atoms. The van der Waals surface area contributed by atoms with E-state index in [9.17, 15) is 0 Å². The molecule has 1 aromatic rings. The molecule has 0 amide bonds. The minimum Gasteiger partial charge on any atom is -0.377 e. The smallest absolute Gasteiger partial charge is 0.0699 e. The number of rotatable bonds is 4. The molecule has 88 valence electrons. The molecule has 1 N–H and O–H groups in total. The van der Waals surface area contributed by atoms with Crippen molar-refractivity contribution in [1.29, 1.82) is 0 Å². The second-order valence-corrected chi connectivity index (χ2v) is 4.53. The summed E-state index contributed by atoms with van der Waals surface area (Å²) >= 11 is 0. The number of ether oxygens (including phenoxy) is 1. The van der Waals surface area contributed by atoms with Crippen LogP contribution in [0.2, 0.25) is 0 Å². The molecule has 0 aliphatic carbocycles. The lowest BCUT2D eigenvalue weighted by atomic mass is 10.1. The molecule has 16 heavy (non-hydrogen) atoms. The fourth-order valence-corrected chi connectivity index (χ4v) is 2.14. The average molecular weight is 219 g/mol. The van der Waals surface area contributed by atoms with Crippen LogP contribution in [0.3, 0.4) is 0 Å². The van der Waals surface area contributed by atoms with E-state index in [1.807, 2.05) is 0 Å². The van der Waals surface area contributed by atoms with Gasteiger partial charge in [0, 0.05) is 19.2 Å². The summed E-state index contributed by atoms with van der Waals surface area (Å²) in [5, 5.41) is 3.54. The Hall–Kier alpha value is -0.860. The van der Waals surface area contributed by atoms with E-state index in [0.29, 0.717) is 12.1 Å². The van der Waals surface area contributed by atoms with E-state index in [1.165, 1.54) is 24.8 Å². The van der Waals surface area contributed by atoms with Gasteiger partial charge >= 0.3 is 0 Å². The van der Waals surface area contributed by atoms with Crippen LogP contribution < -0.4 is 5.32 Å². The summed E-state index contributed by atoms with van der Waals surface area (Å²) in [4.78, 5) is 0. The summed E-state index contributed by atoms with van der Waals surface area (Å²) < 4.78 is 5.70. The van der Waals surface area contributed by atoms with E-state index in [4.69, 9.17) is 4.74 Å². The number of hydrogen-bond donors (Lipinski definition) is 1. The van der Waals surface area contributed by atoms with Gasteiger partial charge in [0.2, 0.25) is 0 Å². The molecule has 1 aliphatic heterocycles. The molecule has 1 saturated heterocycles. The first-order chi connectivity index (χ1) is 7.86. The van der Waals surface area contributed by atoms with Gasteiger partial charge in [-0.3, -0.25) is 0 Å². The van der Waals surface area contributed by atoms with E-state index in [1.54, 1.807) is 0 Å². The summed E-state index contributed by atoms with van der Waals surface area (Å²) in [5.41, 5.74) is 1.35. The van der Waals surface area contributed by atoms with Crippen molar-refractivity contribution in [3.05, 3.63) is 35.9 Å². The Kier molecular flexibility index (Phi) is 4.37. The molecule has 2 heteroatoms. The monoisotopic (exact) mass is 219 g/mol. The summed E-state index contributed by atoms with van der Waals surface area (Å²) in [6.45, 7) is 4.11. The quantitative estimate of drug-likeness (QED) is 0.840. The van der Waals surface area contributed by atoms with Gasteiger partial charge in [0.15, 0.2) is 0 Å². The van der Waals surface area contributed by atoms with Crippen molar-refractivity contribution >= 4 is 0 Å². The SMILES string of the molecule is C[C@@H](NCC1CCCCO1)c1ccccc1. The van der Waals surface area contributed by atoms with Crippen molar-refractivity contribution in [2.75, 3.05) is 13.2 Å². The highest BCUT2D eigenvalue weighted by molar-refractivity contribution is 5.17. The third kappa shape index (κ3) is 3.32. The van der Waals surface area contributed by atoms with Gasteiger partial charge in [-0.2, -0.15) is 0 Å². The van der Waals surface area contributed by atoms with Crippen LogP contribution in [0.5, 0.6) is 0 Å². The summed E-state index contributed by atoms with van der Waals surface area (Å²) in [7, 11) is 0. The Bertz CT molecular complexity index is 293. The highest BCUT2D eigenvalue weighted by Gasteiger charge is 2.14. The van der Waals surface area contributed by atoms with Gasteiger partial charge in [-0.1, -0.05) is 30.3 Å². The van der Waals surface area contributed by atoms with Crippen LogP contribution in [-0.2, 0) is 4.74 Å². The predicted octanol–water partition coefficient (Wildman–Crippen LogP) is 2.91. The van der Waals surface area contributed by atoms with Gasteiger partial charge in [0.1, 0.15) is 0 Å². The molecule has 1 aliphatic rings. The van der Waals surface area contributed by atoms with Crippen molar-refractivity contribution in [1.82, 2.24) is 5.32 Å². The van der Waals surface area contributed by atoms with Crippen LogP contribution in [0.4, 0.5) is 0 Å². The Balaban J connectivity index is 1.77. The van der Waals surface area contributed by atoms with Crippen molar-refractivity contribution < 1.29 is 4.74 Å². The molecule has 2 atom stereocenters. The molecule has 1 heterocycles. The zero-order chi connectivity index (χ0) is 11.2. The van der Waals surface area contributed by atoms with Crippen molar-refractivity contribution in [3.8, 4) is 0 Å². The lowest BCUT2D eigenvalue weighted by Gasteiger charge is -2.24. The standard InChI is InChI=1S/C14H21NO/c1-12(13-7-3-2-4-8-13)15-11-14-9-5-6-10-16-14/h2-4,7-8,12,14-15H,5-6,9-11H2,1H3/t12-,14?/m1/s1. The van der Waals surface area contributed by atoms with Crippen molar-refractivity contribution in [2.24, 2.45) is 0 Å². The molecule has 1 aromatic carbocycles. The van der Waals surface area contributed by atoms with Gasteiger partial charge in [-0.15, -0.1) is 0 Å². The first-order valence-electron chi connectivity index (χ1n) is 6.26. The zero-order valence-corrected chi connectivity index (χ0v) is 9.99. The Labute approximate surface area is 98.0 Å². The molecule has 0 bridgehead atoms. The maximum atomic E-state index is 5.70. The first-order valence-corrected chi connectivity index (χ1v) is 6.26. The van der Waals surface area contributed by atoms with Crippen LogP contribution in [0.1, 0.15) is 37.8 Å². The van der Waals surface area contributed by atoms with E-state index in [-0.39, 0.29) is 0 Å². The van der Waals surface area contributed by atoms with Gasteiger partial charge in [-0.05, 0) is 31.7 Å². The molecule has 2 rings (SSSR count). The molecule has 0 radical (unpaired) electrons. The van der Waals surface area contributed by atoms with Gasteiger partial charge in [-0.25, -0.2) is 0 Å². The van der Waals surface area contributed by atoms with E-state index >= 15 is 0 Å². The zero-order valence-electron chi connectivity index (χ0n) is 9.99. The average Bonchev–Trinajstić information content (AvgIpc) is 2.38. The highest BCUT2D eigenvalue weighted by atomic mass is 16.5. The van der Waals surface area contributed by atoms with Gasteiger partial charge < -0.3 is 10.1 Å². The third-order valence-corrected chi connectivity index (χ3v) is 3.23. The van der Waals surface area contributed by atoms with Crippen molar-refractivity contribution in [2.45, 2.75) is 38.3 Å². The Morgan fingerprint density at radius 3 is 2.81 bits per heavy atom. The van der Waals surface area contributed by atoms with Crippen LogP contribution in [0.15, 0.2) is 30.3 Å². The Morgan fingerprint density at radius 2 is 2.12 bits per heavy atom. The second-order valence-electron chi connectivity index (χ2n) is 4.53. The number of hydrogen-bond acceptors (Lipinski definition) is 2.